The number of carbonyl (C=O) groups excluding carboxylic acids is 2. The summed E-state index contributed by atoms with van der Waals surface area (Å²) in [6.45, 7) is 0. The van der Waals surface area contributed by atoms with Crippen molar-refractivity contribution in [1.29, 1.82) is 0 Å². The van der Waals surface area contributed by atoms with Crippen molar-refractivity contribution in [2.45, 2.75) is 6.10 Å². The molecule has 1 aliphatic heterocycles. The van der Waals surface area contributed by atoms with Gasteiger partial charge in [-0.1, -0.05) is 12.1 Å². The van der Waals surface area contributed by atoms with Gasteiger partial charge in [0.15, 0.2) is 0 Å². The average molecular weight is 385 g/mol. The minimum Gasteiger partial charge on any atom is -0.478 e. The molecule has 1 atom stereocenters. The van der Waals surface area contributed by atoms with Crippen LogP contribution in [-0.2, 0) is 4.79 Å². The van der Waals surface area contributed by atoms with E-state index in [0.717, 1.165) is 18.2 Å². The fourth-order valence-corrected chi connectivity index (χ4v) is 2.76. The summed E-state index contributed by atoms with van der Waals surface area (Å²) in [7, 11) is 0. The standard InChI is InChI=1S/C18H11NO9/c20-14-9-2-1-3-11(12(9)15(21)19-14)28-13(18(26)27)7-4-5-8(16(22)23)10(6-7)17(24)25/h1-6,13H,(H,22,23)(H,24,25)(H,26,27)(H,19,20,21). The summed E-state index contributed by atoms with van der Waals surface area (Å²) < 4.78 is 5.41. The maximum atomic E-state index is 11.9. The highest BCUT2D eigenvalue weighted by atomic mass is 16.5. The number of fused-ring (bicyclic) bond motifs is 1. The second-order valence-corrected chi connectivity index (χ2v) is 5.71. The van der Waals surface area contributed by atoms with Gasteiger partial charge in [0, 0.05) is 5.56 Å². The summed E-state index contributed by atoms with van der Waals surface area (Å²) in [4.78, 5) is 57.8. The third-order valence-electron chi connectivity index (χ3n) is 4.00. The first kappa shape index (κ1) is 18.6. The first-order valence-corrected chi connectivity index (χ1v) is 7.69. The Bertz CT molecular complexity index is 1060. The molecule has 142 valence electrons. The molecule has 4 N–H and O–H groups in total. The highest BCUT2D eigenvalue weighted by Gasteiger charge is 2.33. The van der Waals surface area contributed by atoms with Gasteiger partial charge in [-0.05, 0) is 24.3 Å². The van der Waals surface area contributed by atoms with Crippen LogP contribution in [0.2, 0.25) is 0 Å². The molecule has 1 heterocycles. The zero-order chi connectivity index (χ0) is 20.6. The molecule has 0 radical (unpaired) electrons. The normalized spacial score (nSPS) is 13.4. The zero-order valence-corrected chi connectivity index (χ0v) is 13.8. The molecular formula is C18H11NO9. The van der Waals surface area contributed by atoms with Gasteiger partial charge in [0.25, 0.3) is 11.8 Å². The summed E-state index contributed by atoms with van der Waals surface area (Å²) in [5.41, 5.74) is -1.42. The molecule has 0 aliphatic carbocycles. The monoisotopic (exact) mass is 385 g/mol. The first-order valence-electron chi connectivity index (χ1n) is 7.69. The lowest BCUT2D eigenvalue weighted by Crippen LogP contribution is -2.22. The van der Waals surface area contributed by atoms with Crippen LogP contribution in [0, 0.1) is 0 Å². The zero-order valence-electron chi connectivity index (χ0n) is 13.8. The third-order valence-corrected chi connectivity index (χ3v) is 4.00. The Morgan fingerprint density at radius 2 is 1.57 bits per heavy atom. The first-order chi connectivity index (χ1) is 13.2. The Labute approximate surface area is 156 Å². The van der Waals surface area contributed by atoms with Gasteiger partial charge in [0.2, 0.25) is 6.10 Å². The van der Waals surface area contributed by atoms with Crippen LogP contribution in [0.3, 0.4) is 0 Å². The van der Waals surface area contributed by atoms with Crippen molar-refractivity contribution in [2.24, 2.45) is 0 Å². The van der Waals surface area contributed by atoms with Crippen molar-refractivity contribution in [3.63, 3.8) is 0 Å². The molecule has 0 spiro atoms. The van der Waals surface area contributed by atoms with Crippen molar-refractivity contribution < 1.29 is 44.0 Å². The van der Waals surface area contributed by atoms with Gasteiger partial charge in [0.05, 0.1) is 22.3 Å². The summed E-state index contributed by atoms with van der Waals surface area (Å²) in [6.07, 6.45) is -1.75. The summed E-state index contributed by atoms with van der Waals surface area (Å²) in [5, 5.41) is 29.8. The topological polar surface area (TPSA) is 167 Å². The molecule has 0 fully saturated rings. The lowest BCUT2D eigenvalue weighted by molar-refractivity contribution is -0.145. The minimum absolute atomic E-state index is 0.0130. The number of aromatic carboxylic acids is 2. The van der Waals surface area contributed by atoms with Crippen molar-refractivity contribution in [2.75, 3.05) is 0 Å². The molecule has 0 bridgehead atoms. The van der Waals surface area contributed by atoms with Crippen molar-refractivity contribution in [3.05, 3.63) is 64.2 Å². The van der Waals surface area contributed by atoms with Crippen LogP contribution in [-0.4, -0.2) is 45.0 Å². The van der Waals surface area contributed by atoms with Crippen molar-refractivity contribution in [1.82, 2.24) is 5.32 Å². The molecule has 1 aliphatic rings. The van der Waals surface area contributed by atoms with E-state index < -0.39 is 47.0 Å². The van der Waals surface area contributed by atoms with E-state index in [0.29, 0.717) is 0 Å². The Morgan fingerprint density at radius 1 is 0.893 bits per heavy atom. The van der Waals surface area contributed by atoms with E-state index in [1.165, 1.54) is 18.2 Å². The largest absolute Gasteiger partial charge is 0.478 e. The van der Waals surface area contributed by atoms with E-state index in [1.54, 1.807) is 0 Å². The second-order valence-electron chi connectivity index (χ2n) is 5.71. The second kappa shape index (κ2) is 6.83. The smallest absolute Gasteiger partial charge is 0.349 e. The van der Waals surface area contributed by atoms with E-state index >= 15 is 0 Å². The van der Waals surface area contributed by atoms with Crippen molar-refractivity contribution >= 4 is 29.7 Å². The molecule has 0 saturated heterocycles. The quantitative estimate of drug-likeness (QED) is 0.533. The average Bonchev–Trinajstić information content (AvgIpc) is 2.93. The van der Waals surface area contributed by atoms with E-state index in [-0.39, 0.29) is 22.4 Å². The van der Waals surface area contributed by atoms with Crippen LogP contribution in [0.25, 0.3) is 0 Å². The predicted octanol–water partition coefficient (Wildman–Crippen LogP) is 1.17. The number of ether oxygens (including phenoxy) is 1. The molecule has 10 heteroatoms. The molecule has 28 heavy (non-hydrogen) atoms. The fourth-order valence-electron chi connectivity index (χ4n) is 2.76. The number of carboxylic acids is 3. The van der Waals surface area contributed by atoms with E-state index in [4.69, 9.17) is 9.84 Å². The maximum absolute atomic E-state index is 11.9. The minimum atomic E-state index is -1.75. The van der Waals surface area contributed by atoms with Crippen LogP contribution in [0.4, 0.5) is 0 Å². The van der Waals surface area contributed by atoms with Gasteiger partial charge in [-0.3, -0.25) is 14.9 Å². The Balaban J connectivity index is 2.06. The molecule has 0 aromatic heterocycles. The number of hydrogen-bond donors (Lipinski definition) is 4. The number of nitrogens with one attached hydrogen (secondary N) is 1. The number of carboxylic acid groups (broad SMARTS) is 3. The molecule has 2 aromatic rings. The summed E-state index contributed by atoms with van der Waals surface area (Å²) in [6, 6.07) is 6.97. The predicted molar refractivity (Wildman–Crippen MR) is 89.6 cm³/mol. The lowest BCUT2D eigenvalue weighted by Gasteiger charge is -2.18. The number of carbonyl (C=O) groups is 5. The number of aliphatic carboxylic acids is 1. The molecule has 2 aromatic carbocycles. The van der Waals surface area contributed by atoms with E-state index in [2.05, 4.69) is 5.32 Å². The van der Waals surface area contributed by atoms with E-state index in [1.807, 2.05) is 0 Å². The third kappa shape index (κ3) is 3.14. The van der Waals surface area contributed by atoms with Gasteiger partial charge in [-0.25, -0.2) is 14.4 Å². The Morgan fingerprint density at radius 3 is 2.18 bits per heavy atom. The van der Waals surface area contributed by atoms with Crippen LogP contribution >= 0.6 is 0 Å². The Kier molecular flexibility index (Phi) is 4.53. The number of imide groups is 1. The summed E-state index contributed by atoms with van der Waals surface area (Å²) in [5.74, 6) is -6.17. The van der Waals surface area contributed by atoms with Gasteiger partial charge >= 0.3 is 17.9 Å². The lowest BCUT2D eigenvalue weighted by atomic mass is 10.0. The fraction of sp³-hybridized carbons (Fsp3) is 0.0556. The number of rotatable bonds is 6. The van der Waals surface area contributed by atoms with E-state index in [9.17, 15) is 34.2 Å². The SMILES string of the molecule is O=C(O)c1ccc(C(Oc2cccc3c2C(=O)NC3=O)C(=O)O)cc1C(=O)O. The molecule has 1 unspecified atom stereocenters. The summed E-state index contributed by atoms with van der Waals surface area (Å²) >= 11 is 0. The van der Waals surface area contributed by atoms with Crippen LogP contribution < -0.4 is 10.1 Å². The molecule has 2 amide bonds. The van der Waals surface area contributed by atoms with Crippen LogP contribution in [0.5, 0.6) is 5.75 Å². The van der Waals surface area contributed by atoms with Gasteiger partial charge in [-0.2, -0.15) is 0 Å². The van der Waals surface area contributed by atoms with Crippen LogP contribution in [0.15, 0.2) is 36.4 Å². The number of hydrogen-bond acceptors (Lipinski definition) is 6. The molecule has 10 nitrogen and oxygen atoms in total. The van der Waals surface area contributed by atoms with Gasteiger partial charge < -0.3 is 20.1 Å². The Hall–Kier alpha value is -4.21. The highest BCUT2D eigenvalue weighted by Crippen LogP contribution is 2.31. The highest BCUT2D eigenvalue weighted by molar-refractivity contribution is 6.22. The number of amides is 2. The van der Waals surface area contributed by atoms with Gasteiger partial charge in [-0.15, -0.1) is 0 Å². The molecule has 0 saturated carbocycles. The van der Waals surface area contributed by atoms with Crippen molar-refractivity contribution in [3.8, 4) is 5.75 Å². The molecular weight excluding hydrogens is 374 g/mol. The van der Waals surface area contributed by atoms with Crippen LogP contribution in [0.1, 0.15) is 53.1 Å². The number of benzene rings is 2. The maximum Gasteiger partial charge on any atom is 0.349 e. The molecule has 3 rings (SSSR count). The van der Waals surface area contributed by atoms with Gasteiger partial charge in [0.1, 0.15) is 5.75 Å².